The van der Waals surface area contributed by atoms with Crippen LogP contribution in [0.1, 0.15) is 0 Å². The summed E-state index contributed by atoms with van der Waals surface area (Å²) in [6, 6.07) is 4.29. The van der Waals surface area contributed by atoms with Crippen LogP contribution in [0.3, 0.4) is 0 Å². The van der Waals surface area contributed by atoms with Crippen LogP contribution in [0.5, 0.6) is 0 Å². The summed E-state index contributed by atoms with van der Waals surface area (Å²) < 4.78 is 94.5. The number of hydrogen-bond donors (Lipinski definition) is 3. The maximum absolute atomic E-state index is 11.4. The van der Waals surface area contributed by atoms with Gasteiger partial charge < -0.3 is 0 Å². The van der Waals surface area contributed by atoms with Crippen molar-refractivity contribution in [1.29, 1.82) is 0 Å². The second kappa shape index (κ2) is 6.15. The van der Waals surface area contributed by atoms with Gasteiger partial charge in [-0.2, -0.15) is 25.3 Å². The minimum absolute atomic E-state index is 0. The third kappa shape index (κ3) is 4.11. The Bertz CT molecular complexity index is 1090. The van der Waals surface area contributed by atoms with Crippen molar-refractivity contribution in [3.8, 4) is 0 Å². The van der Waals surface area contributed by atoms with Gasteiger partial charge in [0.1, 0.15) is 9.79 Å². The molecule has 0 saturated carbocycles. The van der Waals surface area contributed by atoms with Gasteiger partial charge in [-0.05, 0) is 23.6 Å². The van der Waals surface area contributed by atoms with Crippen LogP contribution in [0.2, 0.25) is 0 Å². The van der Waals surface area contributed by atoms with E-state index in [9.17, 15) is 29.8 Å². The summed E-state index contributed by atoms with van der Waals surface area (Å²) in [4.78, 5) is -2.70. The molecule has 2 aromatic carbocycles. The fraction of sp³-hybridized carbons (Fsp3) is 0. The van der Waals surface area contributed by atoms with Crippen LogP contribution < -0.4 is 0 Å². The molecule has 2 aromatic rings. The van der Waals surface area contributed by atoms with E-state index >= 15 is 0 Å². The topological polar surface area (TPSA) is 163 Å². The molecule has 122 valence electrons. The Hall–Kier alpha value is -0.973. The van der Waals surface area contributed by atoms with E-state index in [1.165, 1.54) is 0 Å². The van der Waals surface area contributed by atoms with Crippen molar-refractivity contribution in [2.45, 2.75) is 14.7 Å². The molecule has 0 spiro atoms. The molecule has 0 aliphatic rings. The van der Waals surface area contributed by atoms with Crippen LogP contribution in [0, 0.1) is 0 Å². The normalized spacial score (nSPS) is 12.8. The van der Waals surface area contributed by atoms with Crippen molar-refractivity contribution in [1.82, 2.24) is 0 Å². The first kappa shape index (κ1) is 20.1. The van der Waals surface area contributed by atoms with Gasteiger partial charge in [0.2, 0.25) is 0 Å². The average Bonchev–Trinajstić information content (AvgIpc) is 2.33. The van der Waals surface area contributed by atoms with Gasteiger partial charge in [0.15, 0.2) is 0 Å². The summed E-state index contributed by atoms with van der Waals surface area (Å²) in [5, 5.41) is -0.430. The van der Waals surface area contributed by atoms with Gasteiger partial charge in [0, 0.05) is 5.39 Å². The summed E-state index contributed by atoms with van der Waals surface area (Å²) in [5.74, 6) is 0. The van der Waals surface area contributed by atoms with E-state index in [0.717, 1.165) is 24.3 Å². The Morgan fingerprint density at radius 2 is 1.26 bits per heavy atom. The third-order valence-electron chi connectivity index (χ3n) is 2.74. The van der Waals surface area contributed by atoms with Gasteiger partial charge in [-0.25, -0.2) is 0 Å². The van der Waals surface area contributed by atoms with Crippen molar-refractivity contribution >= 4 is 60.0 Å². The van der Waals surface area contributed by atoms with Gasteiger partial charge in [-0.15, -0.1) is 0 Å². The van der Waals surface area contributed by atoms with Crippen molar-refractivity contribution in [2.24, 2.45) is 0 Å². The summed E-state index contributed by atoms with van der Waals surface area (Å²) in [6.45, 7) is 0. The molecule has 0 radical (unpaired) electrons. The fourth-order valence-electron chi connectivity index (χ4n) is 1.89. The Kier molecular flexibility index (Phi) is 5.37. The molecule has 0 saturated heterocycles. The van der Waals surface area contributed by atoms with Gasteiger partial charge in [0.05, 0.1) is 4.90 Å². The number of fused-ring (bicyclic) bond motifs is 1. The minimum atomic E-state index is -5.04. The number of hydrogen-bond acceptors (Lipinski definition) is 6. The second-order valence-electron chi connectivity index (χ2n) is 4.20. The van der Waals surface area contributed by atoms with E-state index in [-0.39, 0.29) is 29.6 Å². The van der Waals surface area contributed by atoms with Crippen LogP contribution in [0.15, 0.2) is 45.0 Å². The van der Waals surface area contributed by atoms with Gasteiger partial charge in [0.25, 0.3) is 30.4 Å². The molecule has 0 heterocycles. The van der Waals surface area contributed by atoms with Crippen LogP contribution in [-0.2, 0) is 30.4 Å². The zero-order valence-electron chi connectivity index (χ0n) is 10.4. The molecule has 23 heavy (non-hydrogen) atoms. The first-order valence-electron chi connectivity index (χ1n) is 5.31. The van der Waals surface area contributed by atoms with Crippen LogP contribution in [0.25, 0.3) is 10.8 Å². The molecule has 0 unspecified atom stereocenters. The second-order valence-corrected chi connectivity index (χ2v) is 8.37. The van der Waals surface area contributed by atoms with E-state index in [1.807, 2.05) is 0 Å². The molecular weight excluding hydrogens is 367 g/mol. The molecule has 0 aromatic heterocycles. The Balaban J connectivity index is 0.00000264. The first-order valence-corrected chi connectivity index (χ1v) is 9.63. The monoisotopic (exact) mass is 376 g/mol. The van der Waals surface area contributed by atoms with Gasteiger partial charge in [-0.3, -0.25) is 13.7 Å². The van der Waals surface area contributed by atoms with Crippen molar-refractivity contribution in [3.63, 3.8) is 0 Å². The van der Waals surface area contributed by atoms with Crippen molar-refractivity contribution in [2.75, 3.05) is 0 Å². The van der Waals surface area contributed by atoms with Crippen LogP contribution >= 0.6 is 0 Å². The van der Waals surface area contributed by atoms with Gasteiger partial charge in [-0.1, -0.05) is 12.1 Å². The summed E-state index contributed by atoms with van der Waals surface area (Å²) in [5.41, 5.74) is 0. The molecule has 0 aliphatic heterocycles. The molecule has 0 fully saturated rings. The molecule has 0 aliphatic carbocycles. The van der Waals surface area contributed by atoms with E-state index in [0.29, 0.717) is 6.07 Å². The Morgan fingerprint density at radius 3 is 1.70 bits per heavy atom. The first-order chi connectivity index (χ1) is 9.82. The van der Waals surface area contributed by atoms with Crippen LogP contribution in [-0.4, -0.2) is 57.8 Å². The SMILES string of the molecule is O=S(=O)(O)c1ccc2c(S(=O)(=O)O)c(S(=O)(=O)O)ccc2c1.[LiH]. The predicted molar refractivity (Wildman–Crippen MR) is 80.5 cm³/mol. The quantitative estimate of drug-likeness (QED) is 0.491. The van der Waals surface area contributed by atoms with E-state index in [2.05, 4.69) is 0 Å². The molecule has 0 atom stereocenters. The predicted octanol–water partition coefficient (Wildman–Crippen LogP) is -0.0686. The van der Waals surface area contributed by atoms with E-state index in [1.54, 1.807) is 0 Å². The average molecular weight is 376 g/mol. The molecule has 0 bridgehead atoms. The molecular formula is C10H9LiO9S3. The Labute approximate surface area is 143 Å². The maximum atomic E-state index is 11.4. The van der Waals surface area contributed by atoms with Crippen molar-refractivity contribution < 1.29 is 38.9 Å². The molecule has 3 N–H and O–H groups in total. The number of benzene rings is 2. The molecule has 2 rings (SSSR count). The zero-order chi connectivity index (χ0) is 16.9. The molecule has 0 amide bonds. The van der Waals surface area contributed by atoms with E-state index in [4.69, 9.17) is 9.11 Å². The Morgan fingerprint density at radius 1 is 0.696 bits per heavy atom. The molecule has 13 heteroatoms. The third-order valence-corrected chi connectivity index (χ3v) is 5.57. The summed E-state index contributed by atoms with van der Waals surface area (Å²) in [6.07, 6.45) is 0. The fourth-order valence-corrected chi connectivity index (χ4v) is 4.41. The zero-order valence-corrected chi connectivity index (χ0v) is 12.9. The standard InChI is InChI=1S/C10H8O9S3.Li.H/c11-20(12,13)7-2-3-8-6(5-7)1-4-9(21(14,15)16)10(8)22(17,18)19;;/h1-5H,(H,11,12,13)(H,14,15,16)(H,17,18,19);;. The van der Waals surface area contributed by atoms with Crippen LogP contribution in [0.4, 0.5) is 0 Å². The van der Waals surface area contributed by atoms with E-state index < -0.39 is 45.0 Å². The summed E-state index contributed by atoms with van der Waals surface area (Å²) in [7, 11) is -14.6. The number of rotatable bonds is 3. The summed E-state index contributed by atoms with van der Waals surface area (Å²) >= 11 is 0. The van der Waals surface area contributed by atoms with Gasteiger partial charge >= 0.3 is 18.9 Å². The van der Waals surface area contributed by atoms with Crippen molar-refractivity contribution in [3.05, 3.63) is 30.3 Å². The molecule has 9 nitrogen and oxygen atoms in total.